The van der Waals surface area contributed by atoms with Crippen LogP contribution in [-0.2, 0) is 6.54 Å². The number of hydrogen-bond acceptors (Lipinski definition) is 1. The van der Waals surface area contributed by atoms with E-state index < -0.39 is 0 Å². The van der Waals surface area contributed by atoms with Gasteiger partial charge in [-0.15, -0.1) is 11.6 Å². The SMILES string of the molecule is CC(C)(CCCl)NCc1ccc(F)cc1Br. The molecule has 1 aromatic carbocycles. The topological polar surface area (TPSA) is 12.0 Å². The molecule has 90 valence electrons. The van der Waals surface area contributed by atoms with E-state index in [0.29, 0.717) is 12.4 Å². The molecule has 0 atom stereocenters. The minimum absolute atomic E-state index is 0.00439. The fraction of sp³-hybridized carbons (Fsp3) is 0.500. The Morgan fingerprint density at radius 2 is 2.12 bits per heavy atom. The third-order valence-corrected chi connectivity index (χ3v) is 3.42. The van der Waals surface area contributed by atoms with Crippen LogP contribution in [0, 0.1) is 5.82 Å². The fourth-order valence-corrected chi connectivity index (χ4v) is 2.29. The summed E-state index contributed by atoms with van der Waals surface area (Å²) in [7, 11) is 0. The van der Waals surface area contributed by atoms with Gasteiger partial charge in [0.2, 0.25) is 0 Å². The van der Waals surface area contributed by atoms with Gasteiger partial charge in [0.1, 0.15) is 5.82 Å². The Morgan fingerprint density at radius 1 is 1.44 bits per heavy atom. The smallest absolute Gasteiger partial charge is 0.124 e. The summed E-state index contributed by atoms with van der Waals surface area (Å²) in [5.74, 6) is 0.403. The maximum absolute atomic E-state index is 12.9. The monoisotopic (exact) mass is 307 g/mol. The quantitative estimate of drug-likeness (QED) is 0.808. The second-order valence-electron chi connectivity index (χ2n) is 4.41. The zero-order valence-corrected chi connectivity index (χ0v) is 11.8. The Morgan fingerprint density at radius 3 is 2.69 bits per heavy atom. The van der Waals surface area contributed by atoms with Gasteiger partial charge in [0.05, 0.1) is 0 Å². The predicted octanol–water partition coefficient (Wildman–Crippen LogP) is 4.09. The van der Waals surface area contributed by atoms with Crippen LogP contribution in [0.25, 0.3) is 0 Å². The molecule has 1 nitrogen and oxygen atoms in total. The molecule has 0 fully saturated rings. The molecular formula is C12H16BrClFN. The van der Waals surface area contributed by atoms with Gasteiger partial charge >= 0.3 is 0 Å². The third kappa shape index (κ3) is 4.40. The molecule has 0 aliphatic heterocycles. The van der Waals surface area contributed by atoms with Crippen LogP contribution in [0.4, 0.5) is 4.39 Å². The first-order chi connectivity index (χ1) is 7.44. The summed E-state index contributed by atoms with van der Waals surface area (Å²) >= 11 is 9.07. The van der Waals surface area contributed by atoms with Crippen molar-refractivity contribution in [1.82, 2.24) is 5.32 Å². The summed E-state index contributed by atoms with van der Waals surface area (Å²) in [6, 6.07) is 4.73. The first-order valence-corrected chi connectivity index (χ1v) is 6.52. The highest BCUT2D eigenvalue weighted by Crippen LogP contribution is 2.19. The summed E-state index contributed by atoms with van der Waals surface area (Å²) in [4.78, 5) is 0. The van der Waals surface area contributed by atoms with E-state index >= 15 is 0 Å². The Balaban J connectivity index is 2.61. The largest absolute Gasteiger partial charge is 0.308 e. The first kappa shape index (κ1) is 13.9. The Kier molecular flexibility index (Phi) is 5.22. The molecule has 0 spiro atoms. The highest BCUT2D eigenvalue weighted by Gasteiger charge is 2.16. The van der Waals surface area contributed by atoms with Crippen molar-refractivity contribution in [3.8, 4) is 0 Å². The number of halogens is 3. The molecule has 4 heteroatoms. The van der Waals surface area contributed by atoms with Gasteiger partial charge in [0, 0.05) is 22.4 Å². The molecule has 0 aliphatic rings. The van der Waals surface area contributed by atoms with Gasteiger partial charge in [0.25, 0.3) is 0 Å². The predicted molar refractivity (Wildman–Crippen MR) is 70.4 cm³/mol. The summed E-state index contributed by atoms with van der Waals surface area (Å²) in [5.41, 5.74) is 1.04. The van der Waals surface area contributed by atoms with Gasteiger partial charge < -0.3 is 5.32 Å². The summed E-state index contributed by atoms with van der Waals surface area (Å²) in [5, 5.41) is 3.40. The standard InChI is InChI=1S/C12H16BrClFN/c1-12(2,5-6-14)16-8-9-3-4-10(15)7-11(9)13/h3-4,7,16H,5-6,8H2,1-2H3. The van der Waals surface area contributed by atoms with Crippen LogP contribution in [0.15, 0.2) is 22.7 Å². The minimum atomic E-state index is -0.226. The fourth-order valence-electron chi connectivity index (χ4n) is 1.32. The molecule has 1 aromatic rings. The molecule has 16 heavy (non-hydrogen) atoms. The van der Waals surface area contributed by atoms with Crippen molar-refractivity contribution in [3.63, 3.8) is 0 Å². The molecule has 0 heterocycles. The van der Waals surface area contributed by atoms with Crippen LogP contribution in [-0.4, -0.2) is 11.4 Å². The Bertz CT molecular complexity index is 355. The van der Waals surface area contributed by atoms with Gasteiger partial charge in [-0.3, -0.25) is 0 Å². The molecule has 0 amide bonds. The first-order valence-electron chi connectivity index (χ1n) is 5.19. The van der Waals surface area contributed by atoms with Crippen molar-refractivity contribution in [1.29, 1.82) is 0 Å². The van der Waals surface area contributed by atoms with Crippen molar-refractivity contribution in [2.75, 3.05) is 5.88 Å². The van der Waals surface area contributed by atoms with E-state index in [0.717, 1.165) is 16.5 Å². The maximum Gasteiger partial charge on any atom is 0.124 e. The number of nitrogens with one attached hydrogen (secondary N) is 1. The van der Waals surface area contributed by atoms with Crippen LogP contribution in [0.2, 0.25) is 0 Å². The molecule has 0 aliphatic carbocycles. The van der Waals surface area contributed by atoms with E-state index in [1.165, 1.54) is 12.1 Å². The van der Waals surface area contributed by atoms with Crippen molar-refractivity contribution >= 4 is 27.5 Å². The van der Waals surface area contributed by atoms with E-state index in [1.54, 1.807) is 6.07 Å². The molecule has 0 unspecified atom stereocenters. The van der Waals surface area contributed by atoms with E-state index in [-0.39, 0.29) is 11.4 Å². The van der Waals surface area contributed by atoms with Gasteiger partial charge in [-0.25, -0.2) is 4.39 Å². The molecule has 1 N–H and O–H groups in total. The average molecular weight is 309 g/mol. The van der Waals surface area contributed by atoms with Gasteiger partial charge in [0.15, 0.2) is 0 Å². The highest BCUT2D eigenvalue weighted by atomic mass is 79.9. The lowest BCUT2D eigenvalue weighted by molar-refractivity contribution is 0.376. The Labute approximate surface area is 110 Å². The maximum atomic E-state index is 12.9. The second kappa shape index (κ2) is 5.99. The number of alkyl halides is 1. The van der Waals surface area contributed by atoms with Crippen LogP contribution in [0.5, 0.6) is 0 Å². The zero-order valence-electron chi connectivity index (χ0n) is 9.49. The normalized spacial score (nSPS) is 11.8. The number of rotatable bonds is 5. The summed E-state index contributed by atoms with van der Waals surface area (Å²) in [6.07, 6.45) is 0.896. The van der Waals surface area contributed by atoms with Crippen LogP contribution < -0.4 is 5.32 Å². The van der Waals surface area contributed by atoms with Crippen molar-refractivity contribution in [3.05, 3.63) is 34.1 Å². The zero-order chi connectivity index (χ0) is 12.2. The molecule has 0 saturated carbocycles. The highest BCUT2D eigenvalue weighted by molar-refractivity contribution is 9.10. The minimum Gasteiger partial charge on any atom is -0.308 e. The lowest BCUT2D eigenvalue weighted by atomic mass is 10.0. The van der Waals surface area contributed by atoms with Crippen LogP contribution in [0.3, 0.4) is 0 Å². The van der Waals surface area contributed by atoms with Crippen LogP contribution >= 0.6 is 27.5 Å². The van der Waals surface area contributed by atoms with Gasteiger partial charge in [-0.05, 0) is 38.0 Å². The van der Waals surface area contributed by atoms with Crippen molar-refractivity contribution in [2.24, 2.45) is 0 Å². The molecule has 0 radical (unpaired) electrons. The summed E-state index contributed by atoms with van der Waals surface area (Å²) in [6.45, 7) is 4.91. The lowest BCUT2D eigenvalue weighted by Gasteiger charge is -2.25. The lowest BCUT2D eigenvalue weighted by Crippen LogP contribution is -2.39. The van der Waals surface area contributed by atoms with Crippen LogP contribution in [0.1, 0.15) is 25.8 Å². The van der Waals surface area contributed by atoms with E-state index in [4.69, 9.17) is 11.6 Å². The molecule has 0 bridgehead atoms. The third-order valence-electron chi connectivity index (χ3n) is 2.49. The molecule has 0 saturated heterocycles. The molecule has 0 aromatic heterocycles. The second-order valence-corrected chi connectivity index (χ2v) is 5.64. The molecule has 1 rings (SSSR count). The summed E-state index contributed by atoms with van der Waals surface area (Å²) < 4.78 is 13.7. The van der Waals surface area contributed by atoms with Crippen molar-refractivity contribution < 1.29 is 4.39 Å². The Hall–Kier alpha value is -0.120. The van der Waals surface area contributed by atoms with Crippen molar-refractivity contribution in [2.45, 2.75) is 32.4 Å². The number of benzene rings is 1. The molecular weight excluding hydrogens is 292 g/mol. The average Bonchev–Trinajstić information content (AvgIpc) is 2.16. The number of hydrogen-bond donors (Lipinski definition) is 1. The van der Waals surface area contributed by atoms with E-state index in [9.17, 15) is 4.39 Å². The van der Waals surface area contributed by atoms with E-state index in [1.807, 2.05) is 0 Å². The van der Waals surface area contributed by atoms with Gasteiger partial charge in [-0.1, -0.05) is 22.0 Å². The van der Waals surface area contributed by atoms with E-state index in [2.05, 4.69) is 35.1 Å². The van der Waals surface area contributed by atoms with Gasteiger partial charge in [-0.2, -0.15) is 0 Å².